The van der Waals surface area contributed by atoms with Crippen LogP contribution in [0.5, 0.6) is 0 Å². The van der Waals surface area contributed by atoms with E-state index in [2.05, 4.69) is 22.4 Å². The van der Waals surface area contributed by atoms with E-state index in [9.17, 15) is 0 Å². The molecular formula is C9H15N3O. The summed E-state index contributed by atoms with van der Waals surface area (Å²) in [7, 11) is 0. The van der Waals surface area contributed by atoms with Crippen LogP contribution in [0.2, 0.25) is 0 Å². The molecule has 4 nitrogen and oxygen atoms in total. The fourth-order valence-electron chi connectivity index (χ4n) is 1.68. The van der Waals surface area contributed by atoms with Crippen LogP contribution in [0.25, 0.3) is 0 Å². The van der Waals surface area contributed by atoms with Crippen molar-refractivity contribution in [2.75, 3.05) is 11.9 Å². The van der Waals surface area contributed by atoms with Gasteiger partial charge in [0.15, 0.2) is 0 Å². The highest BCUT2D eigenvalue weighted by atomic mass is 16.5. The SMILES string of the molecule is CC(Nc1cn[nH]c1)C1CCCO1. The van der Waals surface area contributed by atoms with Crippen molar-refractivity contribution in [2.24, 2.45) is 0 Å². The number of aromatic amines is 1. The number of aromatic nitrogens is 2. The van der Waals surface area contributed by atoms with Crippen LogP contribution >= 0.6 is 0 Å². The molecule has 0 saturated carbocycles. The second kappa shape index (κ2) is 3.79. The van der Waals surface area contributed by atoms with Gasteiger partial charge in [-0.05, 0) is 19.8 Å². The number of anilines is 1. The lowest BCUT2D eigenvalue weighted by Crippen LogP contribution is -2.29. The number of nitrogens with zero attached hydrogens (tertiary/aromatic N) is 1. The quantitative estimate of drug-likeness (QED) is 0.740. The maximum Gasteiger partial charge on any atom is 0.0774 e. The van der Waals surface area contributed by atoms with Crippen LogP contribution in [0.4, 0.5) is 5.69 Å². The molecule has 1 aromatic heterocycles. The molecule has 0 aromatic carbocycles. The Balaban J connectivity index is 1.87. The molecule has 2 heterocycles. The maximum absolute atomic E-state index is 5.57. The van der Waals surface area contributed by atoms with Crippen LogP contribution in [0.3, 0.4) is 0 Å². The Kier molecular flexibility index (Phi) is 2.49. The third-order valence-corrected chi connectivity index (χ3v) is 2.42. The van der Waals surface area contributed by atoms with Gasteiger partial charge in [0.2, 0.25) is 0 Å². The van der Waals surface area contributed by atoms with Gasteiger partial charge in [0.25, 0.3) is 0 Å². The van der Waals surface area contributed by atoms with Crippen molar-refractivity contribution in [1.82, 2.24) is 10.2 Å². The molecule has 0 bridgehead atoms. The van der Waals surface area contributed by atoms with Gasteiger partial charge >= 0.3 is 0 Å². The van der Waals surface area contributed by atoms with E-state index in [0.29, 0.717) is 12.1 Å². The smallest absolute Gasteiger partial charge is 0.0774 e. The zero-order chi connectivity index (χ0) is 9.10. The minimum absolute atomic E-state index is 0.356. The summed E-state index contributed by atoms with van der Waals surface area (Å²) in [6, 6.07) is 0.361. The van der Waals surface area contributed by atoms with Crippen molar-refractivity contribution in [3.63, 3.8) is 0 Å². The van der Waals surface area contributed by atoms with Crippen LogP contribution in [-0.4, -0.2) is 29.0 Å². The van der Waals surface area contributed by atoms with Crippen LogP contribution < -0.4 is 5.32 Å². The second-order valence-electron chi connectivity index (χ2n) is 3.47. The van der Waals surface area contributed by atoms with E-state index in [-0.39, 0.29) is 0 Å². The highest BCUT2D eigenvalue weighted by molar-refractivity contribution is 5.38. The number of nitrogens with one attached hydrogen (secondary N) is 2. The molecular weight excluding hydrogens is 166 g/mol. The first kappa shape index (κ1) is 8.56. The first-order valence-corrected chi connectivity index (χ1v) is 4.73. The van der Waals surface area contributed by atoms with Crippen molar-refractivity contribution < 1.29 is 4.74 Å². The van der Waals surface area contributed by atoms with Crippen molar-refractivity contribution in [1.29, 1.82) is 0 Å². The maximum atomic E-state index is 5.57. The predicted molar refractivity (Wildman–Crippen MR) is 50.6 cm³/mol. The Bertz CT molecular complexity index is 241. The van der Waals surface area contributed by atoms with E-state index in [1.807, 2.05) is 6.20 Å². The van der Waals surface area contributed by atoms with Crippen LogP contribution in [0.15, 0.2) is 12.4 Å². The summed E-state index contributed by atoms with van der Waals surface area (Å²) in [4.78, 5) is 0. The number of H-pyrrole nitrogens is 1. The van der Waals surface area contributed by atoms with E-state index >= 15 is 0 Å². The monoisotopic (exact) mass is 181 g/mol. The molecule has 1 aliphatic heterocycles. The predicted octanol–water partition coefficient (Wildman–Crippen LogP) is 1.39. The standard InChI is InChI=1S/C9H15N3O/c1-7(9-3-2-4-13-9)12-8-5-10-11-6-8/h5-7,9,12H,2-4H2,1H3,(H,10,11). The molecule has 2 N–H and O–H groups in total. The Morgan fingerprint density at radius 2 is 2.69 bits per heavy atom. The molecule has 2 rings (SSSR count). The molecule has 4 heteroatoms. The zero-order valence-electron chi connectivity index (χ0n) is 7.79. The van der Waals surface area contributed by atoms with Gasteiger partial charge in [0.05, 0.1) is 18.0 Å². The van der Waals surface area contributed by atoms with Gasteiger partial charge in [-0.25, -0.2) is 0 Å². The first-order valence-electron chi connectivity index (χ1n) is 4.73. The van der Waals surface area contributed by atoms with Crippen LogP contribution in [0, 0.1) is 0 Å². The second-order valence-corrected chi connectivity index (χ2v) is 3.47. The third kappa shape index (κ3) is 2.01. The van der Waals surface area contributed by atoms with Crippen molar-refractivity contribution >= 4 is 5.69 Å². The van der Waals surface area contributed by atoms with Gasteiger partial charge in [0.1, 0.15) is 0 Å². The minimum atomic E-state index is 0.356. The van der Waals surface area contributed by atoms with E-state index in [4.69, 9.17) is 4.74 Å². The first-order chi connectivity index (χ1) is 6.36. The Morgan fingerprint density at radius 1 is 1.77 bits per heavy atom. The summed E-state index contributed by atoms with van der Waals surface area (Å²) in [6.07, 6.45) is 6.33. The number of hydrogen-bond donors (Lipinski definition) is 2. The summed E-state index contributed by atoms with van der Waals surface area (Å²) < 4.78 is 5.57. The summed E-state index contributed by atoms with van der Waals surface area (Å²) in [5.74, 6) is 0. The lowest BCUT2D eigenvalue weighted by atomic mass is 10.1. The van der Waals surface area contributed by atoms with E-state index in [1.54, 1.807) is 6.20 Å². The van der Waals surface area contributed by atoms with E-state index in [0.717, 1.165) is 18.7 Å². The molecule has 0 aliphatic carbocycles. The molecule has 1 aliphatic rings. The van der Waals surface area contributed by atoms with Gasteiger partial charge < -0.3 is 10.1 Å². The summed E-state index contributed by atoms with van der Waals surface area (Å²) in [5.41, 5.74) is 1.03. The fourth-order valence-corrected chi connectivity index (χ4v) is 1.68. The molecule has 0 radical (unpaired) electrons. The van der Waals surface area contributed by atoms with Crippen LogP contribution in [0.1, 0.15) is 19.8 Å². The number of ether oxygens (including phenoxy) is 1. The van der Waals surface area contributed by atoms with Crippen molar-refractivity contribution in [3.8, 4) is 0 Å². The van der Waals surface area contributed by atoms with Gasteiger partial charge in [-0.2, -0.15) is 5.10 Å². The molecule has 1 saturated heterocycles. The summed E-state index contributed by atoms with van der Waals surface area (Å²) >= 11 is 0. The average molecular weight is 181 g/mol. The lowest BCUT2D eigenvalue weighted by molar-refractivity contribution is 0.0996. The highest BCUT2D eigenvalue weighted by Gasteiger charge is 2.22. The molecule has 72 valence electrons. The van der Waals surface area contributed by atoms with Gasteiger partial charge in [0, 0.05) is 18.8 Å². The topological polar surface area (TPSA) is 49.9 Å². The Morgan fingerprint density at radius 3 is 3.31 bits per heavy atom. The molecule has 2 atom stereocenters. The lowest BCUT2D eigenvalue weighted by Gasteiger charge is -2.19. The summed E-state index contributed by atoms with van der Waals surface area (Å²) in [6.45, 7) is 3.05. The molecule has 2 unspecified atom stereocenters. The number of rotatable bonds is 3. The molecule has 13 heavy (non-hydrogen) atoms. The largest absolute Gasteiger partial charge is 0.377 e. The normalized spacial score (nSPS) is 24.5. The zero-order valence-corrected chi connectivity index (χ0v) is 7.79. The summed E-state index contributed by atoms with van der Waals surface area (Å²) in [5, 5.41) is 9.99. The minimum Gasteiger partial charge on any atom is -0.377 e. The Hall–Kier alpha value is -1.03. The molecule has 0 amide bonds. The van der Waals surface area contributed by atoms with E-state index < -0.39 is 0 Å². The highest BCUT2D eigenvalue weighted by Crippen LogP contribution is 2.18. The van der Waals surface area contributed by atoms with Gasteiger partial charge in [-0.15, -0.1) is 0 Å². The van der Waals surface area contributed by atoms with Gasteiger partial charge in [-0.3, -0.25) is 5.10 Å². The van der Waals surface area contributed by atoms with Crippen molar-refractivity contribution in [3.05, 3.63) is 12.4 Å². The van der Waals surface area contributed by atoms with Crippen molar-refractivity contribution in [2.45, 2.75) is 31.9 Å². The van der Waals surface area contributed by atoms with E-state index in [1.165, 1.54) is 6.42 Å². The molecule has 1 aromatic rings. The third-order valence-electron chi connectivity index (χ3n) is 2.42. The van der Waals surface area contributed by atoms with Crippen LogP contribution in [-0.2, 0) is 4.74 Å². The average Bonchev–Trinajstić information content (AvgIpc) is 2.74. The number of hydrogen-bond acceptors (Lipinski definition) is 3. The molecule has 1 fully saturated rings. The molecule has 0 spiro atoms. The van der Waals surface area contributed by atoms with Gasteiger partial charge in [-0.1, -0.05) is 0 Å². The fraction of sp³-hybridized carbons (Fsp3) is 0.667. The Labute approximate surface area is 77.7 Å².